The van der Waals surface area contributed by atoms with E-state index in [-0.39, 0.29) is 0 Å². The van der Waals surface area contributed by atoms with Crippen molar-refractivity contribution >= 4 is 32.5 Å². The first-order chi connectivity index (χ1) is 9.31. The van der Waals surface area contributed by atoms with E-state index in [1.165, 1.54) is 17.5 Å². The second-order valence-corrected chi connectivity index (χ2v) is 4.94. The van der Waals surface area contributed by atoms with E-state index in [2.05, 4.69) is 10.3 Å². The summed E-state index contributed by atoms with van der Waals surface area (Å²) >= 11 is 1.51. The van der Waals surface area contributed by atoms with Crippen LogP contribution in [-0.2, 0) is 0 Å². The van der Waals surface area contributed by atoms with Gasteiger partial charge in [-0.2, -0.15) is 0 Å². The van der Waals surface area contributed by atoms with Gasteiger partial charge in [0.1, 0.15) is 0 Å². The van der Waals surface area contributed by atoms with Crippen molar-refractivity contribution in [1.82, 2.24) is 4.98 Å². The summed E-state index contributed by atoms with van der Waals surface area (Å²) < 4.78 is 6.23. The number of amides is 1. The van der Waals surface area contributed by atoms with Gasteiger partial charge in [-0.25, -0.2) is 4.79 Å². The van der Waals surface area contributed by atoms with Gasteiger partial charge in [-0.3, -0.25) is 10.3 Å². The number of aromatic nitrogens is 1. The summed E-state index contributed by atoms with van der Waals surface area (Å²) in [6.45, 7) is 0. The number of fused-ring (bicyclic) bond motifs is 1. The molecule has 94 valence electrons. The Morgan fingerprint density at radius 1 is 1.21 bits per heavy atom. The van der Waals surface area contributed by atoms with E-state index in [1.807, 2.05) is 30.3 Å². The van der Waals surface area contributed by atoms with Crippen LogP contribution in [0.15, 0.2) is 54.9 Å². The van der Waals surface area contributed by atoms with Gasteiger partial charge in [0.2, 0.25) is 0 Å². The molecule has 0 aliphatic carbocycles. The van der Waals surface area contributed by atoms with Gasteiger partial charge >= 0.3 is 6.09 Å². The minimum absolute atomic E-state index is 0.418. The largest absolute Gasteiger partial charge is 0.417 e. The molecule has 0 bridgehead atoms. The number of nitrogens with one attached hydrogen (secondary N) is 1. The Bertz CT molecular complexity index is 677. The van der Waals surface area contributed by atoms with Crippen LogP contribution in [0.2, 0.25) is 0 Å². The smallest absolute Gasteiger partial charge is 0.408 e. The highest BCUT2D eigenvalue weighted by molar-refractivity contribution is 7.22. The molecule has 5 heteroatoms. The van der Waals surface area contributed by atoms with Crippen molar-refractivity contribution in [3.05, 3.63) is 54.9 Å². The third-order valence-electron chi connectivity index (χ3n) is 2.50. The molecule has 2 heterocycles. The van der Waals surface area contributed by atoms with Gasteiger partial charge in [-0.15, -0.1) is 11.3 Å². The van der Waals surface area contributed by atoms with Crippen molar-refractivity contribution in [2.45, 2.75) is 0 Å². The highest BCUT2D eigenvalue weighted by Gasteiger charge is 2.07. The van der Waals surface area contributed by atoms with Crippen molar-refractivity contribution in [2.24, 2.45) is 0 Å². The van der Waals surface area contributed by atoms with E-state index in [0.717, 1.165) is 15.1 Å². The SMILES string of the molecule is O=C(Nc1cc2ccccc2s1)Oc1cccnc1. The monoisotopic (exact) mass is 270 g/mol. The maximum absolute atomic E-state index is 11.7. The molecule has 4 nitrogen and oxygen atoms in total. The number of carbonyl (C=O) groups excluding carboxylic acids is 1. The van der Waals surface area contributed by atoms with Gasteiger partial charge in [0.25, 0.3) is 0 Å². The van der Waals surface area contributed by atoms with Crippen LogP contribution < -0.4 is 10.1 Å². The molecule has 1 amide bonds. The molecule has 0 aliphatic heterocycles. The van der Waals surface area contributed by atoms with Crippen LogP contribution in [-0.4, -0.2) is 11.1 Å². The van der Waals surface area contributed by atoms with Gasteiger partial charge in [-0.05, 0) is 29.7 Å². The standard InChI is InChI=1S/C14H10N2O2S/c17-14(18-11-5-3-7-15-9-11)16-13-8-10-4-1-2-6-12(10)19-13/h1-9H,(H,16,17). The highest BCUT2D eigenvalue weighted by atomic mass is 32.1. The van der Waals surface area contributed by atoms with Crippen molar-refractivity contribution < 1.29 is 9.53 Å². The molecule has 0 aliphatic rings. The average molecular weight is 270 g/mol. The first kappa shape index (κ1) is 11.7. The molecule has 2 aromatic heterocycles. The lowest BCUT2D eigenvalue weighted by Crippen LogP contribution is -2.15. The Balaban J connectivity index is 1.72. The maximum Gasteiger partial charge on any atom is 0.417 e. The molecule has 0 saturated carbocycles. The van der Waals surface area contributed by atoms with Crippen LogP contribution in [0.3, 0.4) is 0 Å². The van der Waals surface area contributed by atoms with Gasteiger partial charge in [-0.1, -0.05) is 18.2 Å². The van der Waals surface area contributed by atoms with Crippen molar-refractivity contribution in [2.75, 3.05) is 5.32 Å². The average Bonchev–Trinajstić information content (AvgIpc) is 2.81. The molecule has 0 saturated heterocycles. The number of pyridine rings is 1. The molecule has 0 radical (unpaired) electrons. The first-order valence-corrected chi connectivity index (χ1v) is 6.50. The number of nitrogens with zero attached hydrogens (tertiary/aromatic N) is 1. The van der Waals surface area contributed by atoms with Crippen LogP contribution >= 0.6 is 11.3 Å². The van der Waals surface area contributed by atoms with E-state index in [9.17, 15) is 4.79 Å². The number of ether oxygens (including phenoxy) is 1. The number of hydrogen-bond donors (Lipinski definition) is 1. The van der Waals surface area contributed by atoms with Crippen LogP contribution in [0, 0.1) is 0 Å². The molecule has 0 spiro atoms. The van der Waals surface area contributed by atoms with E-state index in [1.54, 1.807) is 18.3 Å². The summed E-state index contributed by atoms with van der Waals surface area (Å²) in [5, 5.41) is 4.57. The van der Waals surface area contributed by atoms with E-state index in [4.69, 9.17) is 4.74 Å². The van der Waals surface area contributed by atoms with E-state index in [0.29, 0.717) is 5.75 Å². The topological polar surface area (TPSA) is 51.2 Å². The van der Waals surface area contributed by atoms with Crippen LogP contribution in [0.4, 0.5) is 9.80 Å². The zero-order chi connectivity index (χ0) is 13.1. The second-order valence-electron chi connectivity index (χ2n) is 3.85. The molecule has 0 unspecified atom stereocenters. The molecular weight excluding hydrogens is 260 g/mol. The highest BCUT2D eigenvalue weighted by Crippen LogP contribution is 2.29. The zero-order valence-electron chi connectivity index (χ0n) is 9.87. The number of anilines is 1. The summed E-state index contributed by atoms with van der Waals surface area (Å²) in [6.07, 6.45) is 2.60. The lowest BCUT2D eigenvalue weighted by molar-refractivity contribution is 0.215. The molecule has 19 heavy (non-hydrogen) atoms. The van der Waals surface area contributed by atoms with Crippen molar-refractivity contribution in [3.8, 4) is 5.75 Å². The zero-order valence-corrected chi connectivity index (χ0v) is 10.7. The lowest BCUT2D eigenvalue weighted by atomic mass is 10.3. The normalized spacial score (nSPS) is 10.3. The summed E-state index contributed by atoms with van der Waals surface area (Å²) in [4.78, 5) is 15.6. The predicted octanol–water partition coefficient (Wildman–Crippen LogP) is 3.91. The number of benzene rings is 1. The summed E-state index contributed by atoms with van der Waals surface area (Å²) in [5.41, 5.74) is 0. The minimum atomic E-state index is -0.514. The van der Waals surface area contributed by atoms with E-state index >= 15 is 0 Å². The van der Waals surface area contributed by atoms with E-state index < -0.39 is 6.09 Å². The quantitative estimate of drug-likeness (QED) is 0.768. The number of carbonyl (C=O) groups is 1. The second kappa shape index (κ2) is 5.07. The minimum Gasteiger partial charge on any atom is -0.408 e. The summed E-state index contributed by atoms with van der Waals surface area (Å²) in [6, 6.07) is 13.3. The number of hydrogen-bond acceptors (Lipinski definition) is 4. The predicted molar refractivity (Wildman–Crippen MR) is 75.7 cm³/mol. The van der Waals surface area contributed by atoms with Crippen LogP contribution in [0.5, 0.6) is 5.75 Å². The molecular formula is C14H10N2O2S. The Labute approximate surface area is 113 Å². The molecule has 3 rings (SSSR count). The Kier molecular flexibility index (Phi) is 3.12. The lowest BCUT2D eigenvalue weighted by Gasteiger charge is -2.03. The van der Waals surface area contributed by atoms with Gasteiger partial charge in [0.05, 0.1) is 11.2 Å². The van der Waals surface area contributed by atoms with Crippen LogP contribution in [0.25, 0.3) is 10.1 Å². The van der Waals surface area contributed by atoms with Crippen molar-refractivity contribution in [1.29, 1.82) is 0 Å². The Morgan fingerprint density at radius 3 is 2.89 bits per heavy atom. The third-order valence-corrected chi connectivity index (χ3v) is 3.53. The number of rotatable bonds is 2. The molecule has 3 aromatic rings. The fourth-order valence-electron chi connectivity index (χ4n) is 1.68. The summed E-state index contributed by atoms with van der Waals surface area (Å²) in [5.74, 6) is 0.418. The van der Waals surface area contributed by atoms with Crippen LogP contribution in [0.1, 0.15) is 0 Å². The first-order valence-electron chi connectivity index (χ1n) is 5.69. The maximum atomic E-state index is 11.7. The van der Waals surface area contributed by atoms with Gasteiger partial charge in [0, 0.05) is 10.9 Å². The molecule has 0 atom stereocenters. The van der Waals surface area contributed by atoms with Crippen molar-refractivity contribution in [3.63, 3.8) is 0 Å². The molecule has 1 aromatic carbocycles. The van der Waals surface area contributed by atoms with Gasteiger partial charge in [0.15, 0.2) is 5.75 Å². The molecule has 0 fully saturated rings. The Morgan fingerprint density at radius 2 is 2.11 bits per heavy atom. The fourth-order valence-corrected chi connectivity index (χ4v) is 2.63. The fraction of sp³-hybridized carbons (Fsp3) is 0. The van der Waals surface area contributed by atoms with Gasteiger partial charge < -0.3 is 4.74 Å². The number of thiophene rings is 1. The summed E-state index contributed by atoms with van der Waals surface area (Å²) in [7, 11) is 0. The molecule has 1 N–H and O–H groups in total. The third kappa shape index (κ3) is 2.71. The Hall–Kier alpha value is -2.40.